The lowest BCUT2D eigenvalue weighted by Crippen LogP contribution is -1.94. The van der Waals surface area contributed by atoms with Gasteiger partial charge in [-0.05, 0) is 48.6 Å². The van der Waals surface area contributed by atoms with Crippen LogP contribution in [0.25, 0.3) is 27.6 Å². The fourth-order valence-electron chi connectivity index (χ4n) is 2.51. The summed E-state index contributed by atoms with van der Waals surface area (Å²) < 4.78 is 2.76. The number of rotatable bonds is 1. The smallest absolute Gasteiger partial charge is 0.182 e. The van der Waals surface area contributed by atoms with Crippen LogP contribution in [0.15, 0.2) is 60.8 Å². The summed E-state index contributed by atoms with van der Waals surface area (Å²) in [5.74, 6) is 0. The van der Waals surface area contributed by atoms with Crippen LogP contribution in [0, 0.1) is 4.77 Å². The lowest BCUT2D eigenvalue weighted by atomic mass is 10.2. The average Bonchev–Trinajstić information content (AvgIpc) is 2.82. The number of aromatic amines is 1. The summed E-state index contributed by atoms with van der Waals surface area (Å²) in [6.45, 7) is 0. The summed E-state index contributed by atoms with van der Waals surface area (Å²) in [4.78, 5) is 7.58. The SMILES string of the molecule is S=c1[nH]c2ccccc2n1-c1ccc2ncccc2c1. The number of hydrogen-bond acceptors (Lipinski definition) is 2. The van der Waals surface area contributed by atoms with Crippen molar-refractivity contribution in [3.63, 3.8) is 0 Å². The number of nitrogens with one attached hydrogen (secondary N) is 1. The Kier molecular flexibility index (Phi) is 2.44. The van der Waals surface area contributed by atoms with Crippen LogP contribution < -0.4 is 0 Å². The van der Waals surface area contributed by atoms with Crippen molar-refractivity contribution in [3.8, 4) is 5.69 Å². The zero-order valence-corrected chi connectivity index (χ0v) is 11.4. The van der Waals surface area contributed by atoms with Gasteiger partial charge >= 0.3 is 0 Å². The van der Waals surface area contributed by atoms with Gasteiger partial charge in [-0.3, -0.25) is 9.55 Å². The minimum atomic E-state index is 0.703. The van der Waals surface area contributed by atoms with E-state index in [2.05, 4.69) is 32.7 Å². The van der Waals surface area contributed by atoms with Crippen LogP contribution in [-0.4, -0.2) is 14.5 Å². The third-order valence-corrected chi connectivity index (χ3v) is 3.72. The molecule has 3 nitrogen and oxygen atoms in total. The molecule has 4 rings (SSSR count). The Hall–Kier alpha value is -2.46. The van der Waals surface area contributed by atoms with E-state index in [-0.39, 0.29) is 0 Å². The Bertz CT molecular complexity index is 982. The number of pyridine rings is 1. The van der Waals surface area contributed by atoms with Gasteiger partial charge in [-0.2, -0.15) is 0 Å². The molecule has 0 aliphatic rings. The van der Waals surface area contributed by atoms with Crippen molar-refractivity contribution in [3.05, 3.63) is 65.6 Å². The number of aromatic nitrogens is 3. The molecule has 4 aromatic rings. The molecule has 0 fully saturated rings. The number of benzene rings is 2. The molecule has 4 heteroatoms. The van der Waals surface area contributed by atoms with E-state index in [1.807, 2.05) is 36.4 Å². The van der Waals surface area contributed by atoms with Crippen LogP contribution in [-0.2, 0) is 0 Å². The van der Waals surface area contributed by atoms with Gasteiger partial charge in [0, 0.05) is 17.3 Å². The normalized spacial score (nSPS) is 11.2. The minimum absolute atomic E-state index is 0.703. The van der Waals surface area contributed by atoms with Crippen molar-refractivity contribution in [2.24, 2.45) is 0 Å². The van der Waals surface area contributed by atoms with Crippen molar-refractivity contribution < 1.29 is 0 Å². The topological polar surface area (TPSA) is 33.6 Å². The predicted molar refractivity (Wildman–Crippen MR) is 83.8 cm³/mol. The molecule has 0 aliphatic heterocycles. The fraction of sp³-hybridized carbons (Fsp3) is 0. The summed E-state index contributed by atoms with van der Waals surface area (Å²) in [6.07, 6.45) is 1.80. The molecule has 20 heavy (non-hydrogen) atoms. The quantitative estimate of drug-likeness (QED) is 0.528. The van der Waals surface area contributed by atoms with E-state index < -0.39 is 0 Å². The standard InChI is InChI=1S/C16H11N3S/c20-16-18-14-5-1-2-6-15(14)19(16)12-7-8-13-11(10-12)4-3-9-17-13/h1-10H,(H,18,20). The summed E-state index contributed by atoms with van der Waals surface area (Å²) in [6, 6.07) is 18.3. The molecule has 0 aliphatic carbocycles. The highest BCUT2D eigenvalue weighted by molar-refractivity contribution is 7.71. The molecule has 0 bridgehead atoms. The molecule has 2 aromatic carbocycles. The van der Waals surface area contributed by atoms with Gasteiger partial charge in [0.1, 0.15) is 0 Å². The zero-order valence-electron chi connectivity index (χ0n) is 10.6. The van der Waals surface area contributed by atoms with E-state index in [9.17, 15) is 0 Å². The summed E-state index contributed by atoms with van der Waals surface area (Å²) >= 11 is 5.45. The molecule has 0 radical (unpaired) electrons. The van der Waals surface area contributed by atoms with Crippen LogP contribution in [0.1, 0.15) is 0 Å². The minimum Gasteiger partial charge on any atom is -0.330 e. The number of para-hydroxylation sites is 2. The van der Waals surface area contributed by atoms with Crippen molar-refractivity contribution in [1.82, 2.24) is 14.5 Å². The Labute approximate surface area is 120 Å². The van der Waals surface area contributed by atoms with E-state index in [0.29, 0.717) is 4.77 Å². The van der Waals surface area contributed by atoms with E-state index >= 15 is 0 Å². The Morgan fingerprint density at radius 3 is 2.85 bits per heavy atom. The summed E-state index contributed by atoms with van der Waals surface area (Å²) in [7, 11) is 0. The fourth-order valence-corrected chi connectivity index (χ4v) is 2.83. The molecule has 0 atom stereocenters. The van der Waals surface area contributed by atoms with Gasteiger partial charge in [-0.25, -0.2) is 0 Å². The maximum atomic E-state index is 5.45. The van der Waals surface area contributed by atoms with Gasteiger partial charge in [0.15, 0.2) is 4.77 Å². The molecular weight excluding hydrogens is 266 g/mol. The summed E-state index contributed by atoms with van der Waals surface area (Å²) in [5, 5.41) is 1.11. The molecule has 0 unspecified atom stereocenters. The van der Waals surface area contributed by atoms with Crippen LogP contribution in [0.3, 0.4) is 0 Å². The zero-order chi connectivity index (χ0) is 13.5. The van der Waals surface area contributed by atoms with Crippen molar-refractivity contribution >= 4 is 34.2 Å². The first kappa shape index (κ1) is 11.4. The maximum absolute atomic E-state index is 5.45. The monoisotopic (exact) mass is 277 g/mol. The average molecular weight is 277 g/mol. The van der Waals surface area contributed by atoms with Crippen LogP contribution >= 0.6 is 12.2 Å². The lowest BCUT2D eigenvalue weighted by Gasteiger charge is -2.06. The molecule has 0 amide bonds. The van der Waals surface area contributed by atoms with E-state index in [4.69, 9.17) is 12.2 Å². The van der Waals surface area contributed by atoms with Gasteiger partial charge in [-0.1, -0.05) is 18.2 Å². The van der Waals surface area contributed by atoms with Gasteiger partial charge in [0.05, 0.1) is 16.6 Å². The molecule has 0 saturated carbocycles. The molecular formula is C16H11N3S. The number of H-pyrrole nitrogens is 1. The molecule has 2 heterocycles. The van der Waals surface area contributed by atoms with Crippen molar-refractivity contribution in [2.45, 2.75) is 0 Å². The second kappa shape index (κ2) is 4.28. The Morgan fingerprint density at radius 1 is 1.00 bits per heavy atom. The van der Waals surface area contributed by atoms with Crippen molar-refractivity contribution in [1.29, 1.82) is 0 Å². The molecule has 96 valence electrons. The third kappa shape index (κ3) is 1.66. The Balaban J connectivity index is 2.06. The van der Waals surface area contributed by atoms with Gasteiger partial charge in [0.25, 0.3) is 0 Å². The van der Waals surface area contributed by atoms with E-state index in [1.165, 1.54) is 0 Å². The van der Waals surface area contributed by atoms with E-state index in [0.717, 1.165) is 27.6 Å². The van der Waals surface area contributed by atoms with Crippen LogP contribution in [0.2, 0.25) is 0 Å². The van der Waals surface area contributed by atoms with Gasteiger partial charge < -0.3 is 4.98 Å². The number of nitrogens with zero attached hydrogens (tertiary/aromatic N) is 2. The maximum Gasteiger partial charge on any atom is 0.182 e. The molecule has 2 aromatic heterocycles. The second-order valence-corrected chi connectivity index (χ2v) is 5.05. The molecule has 1 N–H and O–H groups in total. The highest BCUT2D eigenvalue weighted by Crippen LogP contribution is 2.22. The molecule has 0 saturated heterocycles. The van der Waals surface area contributed by atoms with Crippen LogP contribution in [0.5, 0.6) is 0 Å². The first-order chi connectivity index (χ1) is 9.83. The lowest BCUT2D eigenvalue weighted by molar-refractivity contribution is 1.07. The third-order valence-electron chi connectivity index (χ3n) is 3.43. The first-order valence-corrected chi connectivity index (χ1v) is 6.79. The first-order valence-electron chi connectivity index (χ1n) is 6.38. The predicted octanol–water partition coefficient (Wildman–Crippen LogP) is 4.24. The second-order valence-electron chi connectivity index (χ2n) is 4.66. The largest absolute Gasteiger partial charge is 0.330 e. The van der Waals surface area contributed by atoms with E-state index in [1.54, 1.807) is 6.20 Å². The number of fused-ring (bicyclic) bond motifs is 2. The molecule has 0 spiro atoms. The van der Waals surface area contributed by atoms with Crippen LogP contribution in [0.4, 0.5) is 0 Å². The Morgan fingerprint density at radius 2 is 1.90 bits per heavy atom. The number of hydrogen-bond donors (Lipinski definition) is 1. The highest BCUT2D eigenvalue weighted by atomic mass is 32.1. The van der Waals surface area contributed by atoms with Crippen molar-refractivity contribution in [2.75, 3.05) is 0 Å². The number of imidazole rings is 1. The highest BCUT2D eigenvalue weighted by Gasteiger charge is 2.06. The van der Waals surface area contributed by atoms with Gasteiger partial charge in [0.2, 0.25) is 0 Å². The van der Waals surface area contributed by atoms with Gasteiger partial charge in [-0.15, -0.1) is 0 Å². The summed E-state index contributed by atoms with van der Waals surface area (Å²) in [5.41, 5.74) is 4.17.